The molecule has 1 N–H and O–H groups in total. The van der Waals surface area contributed by atoms with Crippen LogP contribution in [0.4, 0.5) is 25.0 Å². The molecular formula is C23H24ClF2NO5. The molecule has 0 bridgehead atoms. The van der Waals surface area contributed by atoms with Crippen LogP contribution in [-0.2, 0) is 14.3 Å². The van der Waals surface area contributed by atoms with Crippen LogP contribution in [0.3, 0.4) is 0 Å². The summed E-state index contributed by atoms with van der Waals surface area (Å²) in [5.74, 6) is -1.72. The Morgan fingerprint density at radius 1 is 1.00 bits per heavy atom. The molecule has 9 heteroatoms. The average molecular weight is 468 g/mol. The molecular weight excluding hydrogens is 444 g/mol. The Bertz CT molecular complexity index is 950. The third-order valence-electron chi connectivity index (χ3n) is 5.40. The van der Waals surface area contributed by atoms with Crippen LogP contribution in [0, 0.1) is 23.5 Å². The van der Waals surface area contributed by atoms with Crippen LogP contribution in [0.1, 0.15) is 25.7 Å². The summed E-state index contributed by atoms with van der Waals surface area (Å²) >= 11 is 5.88. The van der Waals surface area contributed by atoms with Gasteiger partial charge in [0.1, 0.15) is 18.2 Å². The molecule has 0 saturated heterocycles. The summed E-state index contributed by atoms with van der Waals surface area (Å²) in [4.78, 5) is 24.6. The first-order valence-corrected chi connectivity index (χ1v) is 10.7. The van der Waals surface area contributed by atoms with Crippen molar-refractivity contribution >= 4 is 35.0 Å². The van der Waals surface area contributed by atoms with E-state index >= 15 is 0 Å². The second-order valence-electron chi connectivity index (χ2n) is 7.79. The first-order chi connectivity index (χ1) is 15.3. The van der Waals surface area contributed by atoms with Gasteiger partial charge in [-0.05, 0) is 73.9 Å². The summed E-state index contributed by atoms with van der Waals surface area (Å²) in [7, 11) is 0. The van der Waals surface area contributed by atoms with Crippen LogP contribution >= 0.6 is 11.6 Å². The van der Waals surface area contributed by atoms with E-state index < -0.39 is 23.7 Å². The Balaban J connectivity index is 1.61. The van der Waals surface area contributed by atoms with Gasteiger partial charge in [0.05, 0.1) is 29.6 Å². The van der Waals surface area contributed by atoms with Gasteiger partial charge >= 0.3 is 12.1 Å². The molecule has 1 aliphatic rings. The molecule has 2 aromatic carbocycles. The highest BCUT2D eigenvalue weighted by Crippen LogP contribution is 2.32. The Morgan fingerprint density at radius 3 is 2.28 bits per heavy atom. The molecule has 3 rings (SSSR count). The maximum Gasteiger partial charge on any atom is 0.418 e. The van der Waals surface area contributed by atoms with Crippen molar-refractivity contribution in [2.75, 3.05) is 24.7 Å². The molecule has 172 valence electrons. The predicted molar refractivity (Wildman–Crippen MR) is 115 cm³/mol. The maximum atomic E-state index is 13.8. The molecule has 1 aliphatic carbocycles. The number of rotatable bonds is 8. The average Bonchev–Trinajstić information content (AvgIpc) is 2.76. The lowest BCUT2D eigenvalue weighted by Crippen LogP contribution is -2.30. The van der Waals surface area contributed by atoms with Crippen LogP contribution in [0.5, 0.6) is 0 Å². The number of carbonyl (C=O) groups excluding carboxylic acids is 1. The normalized spacial score (nSPS) is 18.2. The molecule has 0 spiro atoms. The Morgan fingerprint density at radius 2 is 1.66 bits per heavy atom. The lowest BCUT2D eigenvalue weighted by molar-refractivity contribution is -0.142. The number of hydrogen-bond donors (Lipinski definition) is 1. The van der Waals surface area contributed by atoms with E-state index in [1.807, 2.05) is 0 Å². The monoisotopic (exact) mass is 467 g/mol. The van der Waals surface area contributed by atoms with Gasteiger partial charge in [-0.2, -0.15) is 0 Å². The zero-order chi connectivity index (χ0) is 23.1. The summed E-state index contributed by atoms with van der Waals surface area (Å²) in [5.41, 5.74) is 0.489. The second-order valence-corrected chi connectivity index (χ2v) is 8.19. The molecule has 1 saturated carbocycles. The summed E-state index contributed by atoms with van der Waals surface area (Å²) in [5, 5.41) is 8.47. The molecule has 2 aromatic rings. The van der Waals surface area contributed by atoms with Gasteiger partial charge in [0.15, 0.2) is 0 Å². The van der Waals surface area contributed by atoms with E-state index in [1.165, 1.54) is 30.3 Å². The number of benzene rings is 2. The number of nitrogens with zero attached hydrogens (tertiary/aromatic N) is 1. The molecule has 0 radical (unpaired) electrons. The number of carboxylic acids is 1. The smallest absolute Gasteiger partial charge is 0.418 e. The fraction of sp³-hybridized carbons (Fsp3) is 0.391. The van der Waals surface area contributed by atoms with E-state index in [0.717, 1.165) is 36.6 Å². The second kappa shape index (κ2) is 11.2. The fourth-order valence-corrected chi connectivity index (χ4v) is 3.91. The van der Waals surface area contributed by atoms with Crippen LogP contribution in [0.2, 0.25) is 5.02 Å². The van der Waals surface area contributed by atoms with E-state index in [1.54, 1.807) is 6.07 Å². The van der Waals surface area contributed by atoms with Gasteiger partial charge in [-0.25, -0.2) is 23.3 Å². The van der Waals surface area contributed by atoms with Crippen LogP contribution in [0.15, 0.2) is 42.5 Å². The summed E-state index contributed by atoms with van der Waals surface area (Å²) in [6.45, 7) is 0.278. The van der Waals surface area contributed by atoms with Crippen molar-refractivity contribution in [3.05, 3.63) is 59.1 Å². The van der Waals surface area contributed by atoms with E-state index in [0.29, 0.717) is 6.61 Å². The highest BCUT2D eigenvalue weighted by molar-refractivity contribution is 6.31. The molecule has 0 aliphatic heterocycles. The SMILES string of the molecule is O=C(O)COC[C@H]1CC[C@H](COC(=O)N(c2cccc(F)c2)c2ccc(F)c(Cl)c2)CC1. The van der Waals surface area contributed by atoms with Crippen molar-refractivity contribution in [1.82, 2.24) is 0 Å². The van der Waals surface area contributed by atoms with E-state index in [9.17, 15) is 18.4 Å². The van der Waals surface area contributed by atoms with E-state index in [4.69, 9.17) is 26.2 Å². The molecule has 0 heterocycles. The first-order valence-electron chi connectivity index (χ1n) is 10.3. The van der Waals surface area contributed by atoms with Crippen molar-refractivity contribution in [2.24, 2.45) is 11.8 Å². The van der Waals surface area contributed by atoms with Gasteiger partial charge in [0, 0.05) is 0 Å². The lowest BCUT2D eigenvalue weighted by Gasteiger charge is -2.29. The molecule has 1 fully saturated rings. The van der Waals surface area contributed by atoms with Crippen molar-refractivity contribution in [3.8, 4) is 0 Å². The summed E-state index contributed by atoms with van der Waals surface area (Å²) < 4.78 is 38.1. The standard InChI is InChI=1S/C23H24ClF2NO5/c24-20-11-19(8-9-21(20)26)27(18-3-1-2-17(25)10-18)23(30)32-13-16-6-4-15(5-7-16)12-31-14-22(28)29/h1-3,8-11,15-16H,4-7,12-14H2,(H,28,29)/t15-,16-. The van der Waals surface area contributed by atoms with Gasteiger partial charge in [0.2, 0.25) is 0 Å². The minimum absolute atomic E-state index is 0.154. The zero-order valence-corrected chi connectivity index (χ0v) is 18.1. The number of carbonyl (C=O) groups is 2. The molecule has 32 heavy (non-hydrogen) atoms. The van der Waals surface area contributed by atoms with Crippen LogP contribution in [0.25, 0.3) is 0 Å². The Labute approximate surface area is 189 Å². The van der Waals surface area contributed by atoms with Gasteiger partial charge < -0.3 is 14.6 Å². The minimum Gasteiger partial charge on any atom is -0.480 e. The third-order valence-corrected chi connectivity index (χ3v) is 5.69. The van der Waals surface area contributed by atoms with Gasteiger partial charge in [-0.15, -0.1) is 0 Å². The summed E-state index contributed by atoms with van der Waals surface area (Å²) in [6.07, 6.45) is 2.62. The number of hydrogen-bond acceptors (Lipinski definition) is 4. The number of anilines is 2. The number of halogens is 3. The molecule has 1 amide bonds. The molecule has 0 unspecified atom stereocenters. The van der Waals surface area contributed by atoms with Crippen LogP contribution in [-0.4, -0.2) is 37.0 Å². The third kappa shape index (κ3) is 6.64. The Kier molecular flexibility index (Phi) is 8.41. The summed E-state index contributed by atoms with van der Waals surface area (Å²) in [6, 6.07) is 9.23. The highest BCUT2D eigenvalue weighted by Gasteiger charge is 2.26. The molecule has 6 nitrogen and oxygen atoms in total. The van der Waals surface area contributed by atoms with E-state index in [2.05, 4.69) is 0 Å². The molecule has 0 aromatic heterocycles. The largest absolute Gasteiger partial charge is 0.480 e. The van der Waals surface area contributed by atoms with Gasteiger partial charge in [-0.3, -0.25) is 0 Å². The number of carboxylic acid groups (broad SMARTS) is 1. The van der Waals surface area contributed by atoms with Crippen LogP contribution < -0.4 is 4.90 Å². The first kappa shape index (κ1) is 23.9. The predicted octanol–water partition coefficient (Wildman–Crippen LogP) is 5.80. The minimum atomic E-state index is -0.990. The van der Waals surface area contributed by atoms with Gasteiger partial charge in [0.25, 0.3) is 0 Å². The highest BCUT2D eigenvalue weighted by atomic mass is 35.5. The quantitative estimate of drug-likeness (QED) is 0.531. The van der Waals surface area contributed by atoms with Crippen molar-refractivity contribution in [2.45, 2.75) is 25.7 Å². The fourth-order valence-electron chi connectivity index (χ4n) is 3.73. The topological polar surface area (TPSA) is 76.1 Å². The zero-order valence-electron chi connectivity index (χ0n) is 17.3. The molecule has 0 atom stereocenters. The lowest BCUT2D eigenvalue weighted by atomic mass is 9.83. The van der Waals surface area contributed by atoms with Crippen molar-refractivity contribution in [1.29, 1.82) is 0 Å². The van der Waals surface area contributed by atoms with Crippen molar-refractivity contribution in [3.63, 3.8) is 0 Å². The van der Waals surface area contributed by atoms with Crippen molar-refractivity contribution < 1.29 is 33.0 Å². The number of amides is 1. The number of aliphatic carboxylic acids is 1. The number of ether oxygens (including phenoxy) is 2. The Hall–Kier alpha value is -2.71. The van der Waals surface area contributed by atoms with E-state index in [-0.39, 0.29) is 41.4 Å². The van der Waals surface area contributed by atoms with Gasteiger partial charge in [-0.1, -0.05) is 17.7 Å². The maximum absolute atomic E-state index is 13.8.